The number of carbonyl (C=O) groups is 2. The van der Waals surface area contributed by atoms with E-state index < -0.39 is 24.3 Å². The average Bonchev–Trinajstić information content (AvgIpc) is 3.46. The van der Waals surface area contributed by atoms with Gasteiger partial charge in [-0.1, -0.05) is 46.3 Å². The van der Waals surface area contributed by atoms with Crippen LogP contribution in [0.1, 0.15) is 79.1 Å². The zero-order chi connectivity index (χ0) is 31.4. The van der Waals surface area contributed by atoms with Gasteiger partial charge in [0.05, 0.1) is 49.4 Å². The zero-order valence-electron chi connectivity index (χ0n) is 26.7. The number of morpholine rings is 1. The lowest BCUT2D eigenvalue weighted by molar-refractivity contribution is -0.161. The highest BCUT2D eigenvalue weighted by atomic mass is 16.5. The van der Waals surface area contributed by atoms with Gasteiger partial charge in [0.1, 0.15) is 12.7 Å². The third-order valence-corrected chi connectivity index (χ3v) is 9.54. The molecule has 0 aromatic carbocycles. The van der Waals surface area contributed by atoms with Crippen LogP contribution in [0.5, 0.6) is 0 Å². The molecule has 0 unspecified atom stereocenters. The molecule has 2 aliphatic heterocycles. The molecule has 9 atom stereocenters. The van der Waals surface area contributed by atoms with Gasteiger partial charge < -0.3 is 24.4 Å². The van der Waals surface area contributed by atoms with Crippen molar-refractivity contribution in [3.05, 3.63) is 23.8 Å². The summed E-state index contributed by atoms with van der Waals surface area (Å²) in [7, 11) is 0. The first kappa shape index (κ1) is 35.2. The molecule has 9 nitrogen and oxygen atoms in total. The number of rotatable bonds is 5. The van der Waals surface area contributed by atoms with Gasteiger partial charge >= 0.3 is 11.9 Å². The van der Waals surface area contributed by atoms with Crippen LogP contribution < -0.4 is 0 Å². The first-order valence-electron chi connectivity index (χ1n) is 16.4. The number of nitrogens with zero attached hydrogens (tertiary/aromatic N) is 2. The molecule has 0 bridgehead atoms. The number of hydrogen-bond acceptors (Lipinski definition) is 9. The molecule has 3 rings (SSSR count). The lowest BCUT2D eigenvalue weighted by atomic mass is 9.82. The highest BCUT2D eigenvalue weighted by Crippen LogP contribution is 2.38. The Labute approximate surface area is 258 Å². The van der Waals surface area contributed by atoms with Crippen molar-refractivity contribution in [1.82, 2.24) is 4.90 Å². The Hall–Kier alpha value is -2.25. The molecule has 0 aromatic rings. The third kappa shape index (κ3) is 11.3. The van der Waals surface area contributed by atoms with E-state index in [2.05, 4.69) is 24.8 Å². The summed E-state index contributed by atoms with van der Waals surface area (Å²) in [5.41, 5.74) is 0.304. The van der Waals surface area contributed by atoms with Gasteiger partial charge in [-0.3, -0.25) is 14.5 Å². The summed E-state index contributed by atoms with van der Waals surface area (Å²) in [6.07, 6.45) is 7.94. The van der Waals surface area contributed by atoms with Crippen LogP contribution in [-0.4, -0.2) is 84.8 Å². The maximum Gasteiger partial charge on any atom is 0.309 e. The maximum absolute atomic E-state index is 13.2. The zero-order valence-corrected chi connectivity index (χ0v) is 26.7. The van der Waals surface area contributed by atoms with Crippen molar-refractivity contribution in [3.63, 3.8) is 0 Å². The van der Waals surface area contributed by atoms with Crippen molar-refractivity contribution in [2.75, 3.05) is 39.5 Å². The molecule has 1 saturated heterocycles. The fourth-order valence-electron chi connectivity index (χ4n) is 7.16. The van der Waals surface area contributed by atoms with Gasteiger partial charge in [-0.15, -0.1) is 0 Å². The van der Waals surface area contributed by atoms with E-state index in [1.807, 2.05) is 19.9 Å². The van der Waals surface area contributed by atoms with Gasteiger partial charge in [-0.2, -0.15) is 5.26 Å². The number of hydrogen-bond donors (Lipinski definition) is 2. The second kappa shape index (κ2) is 17.9. The molecule has 242 valence electrons. The van der Waals surface area contributed by atoms with E-state index in [1.54, 1.807) is 12.2 Å². The van der Waals surface area contributed by atoms with Gasteiger partial charge in [0.2, 0.25) is 0 Å². The van der Waals surface area contributed by atoms with Gasteiger partial charge in [0.25, 0.3) is 0 Å². The molecule has 0 spiro atoms. The van der Waals surface area contributed by atoms with Crippen LogP contribution in [0.4, 0.5) is 0 Å². The van der Waals surface area contributed by atoms with Gasteiger partial charge in [0.15, 0.2) is 0 Å². The molecule has 0 radical (unpaired) electrons. The molecule has 0 amide bonds. The summed E-state index contributed by atoms with van der Waals surface area (Å²) in [4.78, 5) is 28.5. The van der Waals surface area contributed by atoms with E-state index in [-0.39, 0.29) is 36.1 Å². The van der Waals surface area contributed by atoms with E-state index in [0.29, 0.717) is 56.6 Å². The van der Waals surface area contributed by atoms with Crippen LogP contribution in [0, 0.1) is 46.8 Å². The molecule has 2 N–H and O–H groups in total. The molecule has 9 heteroatoms. The standard InChI is InChI=1S/C34H54N2O7/c1-23-18-24(2)20-26(4)33(39)27(22-35)8-5-6-11-31(43-32(38)21-30(37)25(3)19-23)28-9-7-10-29(28)34(40)42-17-14-36-12-15-41-16-13-36/h5-6,8,23-26,28-31,33,37,39H,7,9-21H2,1-4H3/b6-5+,27-8-/t23-,24+,25-,26-,28+,29+,30-,31-,33+/m0/s1. The van der Waals surface area contributed by atoms with Crippen LogP contribution in [0.2, 0.25) is 0 Å². The predicted molar refractivity (Wildman–Crippen MR) is 164 cm³/mol. The summed E-state index contributed by atoms with van der Waals surface area (Å²) < 4.78 is 17.1. The predicted octanol–water partition coefficient (Wildman–Crippen LogP) is 4.43. The Kier molecular flexibility index (Phi) is 14.7. The second-order valence-corrected chi connectivity index (χ2v) is 13.3. The van der Waals surface area contributed by atoms with Crippen molar-refractivity contribution in [3.8, 4) is 6.07 Å². The first-order chi connectivity index (χ1) is 20.6. The molecule has 0 aromatic heterocycles. The van der Waals surface area contributed by atoms with Gasteiger partial charge in [0, 0.05) is 32.0 Å². The lowest BCUT2D eigenvalue weighted by Crippen LogP contribution is -2.39. The smallest absolute Gasteiger partial charge is 0.309 e. The minimum atomic E-state index is -0.868. The number of aliphatic hydroxyl groups is 2. The Morgan fingerprint density at radius 1 is 1.07 bits per heavy atom. The first-order valence-corrected chi connectivity index (χ1v) is 16.4. The fourth-order valence-corrected chi connectivity index (χ4v) is 7.16. The molecular weight excluding hydrogens is 548 g/mol. The normalized spacial score (nSPS) is 38.0. The van der Waals surface area contributed by atoms with Crippen LogP contribution in [0.3, 0.4) is 0 Å². The van der Waals surface area contributed by atoms with Crippen molar-refractivity contribution >= 4 is 11.9 Å². The molecule has 2 fully saturated rings. The number of carbonyl (C=O) groups excluding carboxylic acids is 2. The van der Waals surface area contributed by atoms with E-state index in [4.69, 9.17) is 14.2 Å². The third-order valence-electron chi connectivity index (χ3n) is 9.54. The quantitative estimate of drug-likeness (QED) is 0.439. The fraction of sp³-hybridized carbons (Fsp3) is 0.794. The Balaban J connectivity index is 1.75. The Morgan fingerprint density at radius 2 is 1.77 bits per heavy atom. The van der Waals surface area contributed by atoms with Crippen molar-refractivity contribution in [1.29, 1.82) is 5.26 Å². The number of allylic oxidation sites excluding steroid dienone is 2. The molecular formula is C34H54N2O7. The Bertz CT molecular complexity index is 986. The van der Waals surface area contributed by atoms with Gasteiger partial charge in [-0.25, -0.2) is 0 Å². The van der Waals surface area contributed by atoms with E-state index >= 15 is 0 Å². The van der Waals surface area contributed by atoms with E-state index in [1.165, 1.54) is 0 Å². The molecule has 1 saturated carbocycles. The lowest BCUT2D eigenvalue weighted by Gasteiger charge is -2.29. The van der Waals surface area contributed by atoms with Crippen LogP contribution >= 0.6 is 0 Å². The summed E-state index contributed by atoms with van der Waals surface area (Å²) in [6.45, 7) is 12.3. The topological polar surface area (TPSA) is 129 Å². The number of nitriles is 1. The number of aliphatic hydroxyl groups excluding tert-OH is 2. The summed E-state index contributed by atoms with van der Waals surface area (Å²) >= 11 is 0. The number of esters is 2. The molecule has 3 aliphatic rings. The number of ether oxygens (including phenoxy) is 3. The SMILES string of the molecule is C[C@@H]1C[C@H](C)C[C@H](C)[C@@H](O)CC(=O)O[C@H]([C@@H]2CCC[C@H]2C(=O)OCCN2CCOCC2)C/C=C/C=C(/C#N)[C@H](O)[C@@H](C)C1. The van der Waals surface area contributed by atoms with Crippen LogP contribution in [0.15, 0.2) is 23.8 Å². The highest BCUT2D eigenvalue weighted by Gasteiger charge is 2.40. The molecule has 2 heterocycles. The van der Waals surface area contributed by atoms with Crippen molar-refractivity contribution < 1.29 is 34.0 Å². The van der Waals surface area contributed by atoms with Crippen LogP contribution in [0.25, 0.3) is 0 Å². The average molecular weight is 603 g/mol. The van der Waals surface area contributed by atoms with Crippen molar-refractivity contribution in [2.45, 2.75) is 97.4 Å². The Morgan fingerprint density at radius 3 is 2.47 bits per heavy atom. The van der Waals surface area contributed by atoms with Crippen molar-refractivity contribution in [2.24, 2.45) is 35.5 Å². The monoisotopic (exact) mass is 602 g/mol. The second-order valence-electron chi connectivity index (χ2n) is 13.3. The minimum Gasteiger partial charge on any atom is -0.464 e. The maximum atomic E-state index is 13.2. The summed E-state index contributed by atoms with van der Waals surface area (Å²) in [6, 6.07) is 2.15. The minimum absolute atomic E-state index is 0.0781. The molecule has 43 heavy (non-hydrogen) atoms. The summed E-state index contributed by atoms with van der Waals surface area (Å²) in [5.74, 6) is -0.776. The van der Waals surface area contributed by atoms with E-state index in [0.717, 1.165) is 45.2 Å². The highest BCUT2D eigenvalue weighted by molar-refractivity contribution is 5.74. The molecule has 1 aliphatic carbocycles. The number of cyclic esters (lactones) is 1. The van der Waals surface area contributed by atoms with Crippen LogP contribution in [-0.2, 0) is 23.8 Å². The largest absolute Gasteiger partial charge is 0.464 e. The summed E-state index contributed by atoms with van der Waals surface area (Å²) in [5, 5.41) is 31.5. The van der Waals surface area contributed by atoms with E-state index in [9.17, 15) is 25.1 Å². The van der Waals surface area contributed by atoms with Gasteiger partial charge in [-0.05, 0) is 61.9 Å².